The first-order valence-electron chi connectivity index (χ1n) is 5.17. The third kappa shape index (κ3) is 2.64. The van der Waals surface area contributed by atoms with Crippen LogP contribution < -0.4 is 5.32 Å². The summed E-state index contributed by atoms with van der Waals surface area (Å²) < 4.78 is 39.1. The van der Waals surface area contributed by atoms with Crippen LogP contribution >= 0.6 is 11.3 Å². The van der Waals surface area contributed by atoms with Gasteiger partial charge in [0.1, 0.15) is 10.7 Å². The van der Waals surface area contributed by atoms with Crippen molar-refractivity contribution in [3.05, 3.63) is 51.5 Å². The van der Waals surface area contributed by atoms with Crippen molar-refractivity contribution in [2.45, 2.75) is 0 Å². The zero-order valence-corrected chi connectivity index (χ0v) is 10.4. The number of halogens is 3. The van der Waals surface area contributed by atoms with Crippen LogP contribution in [0.5, 0.6) is 0 Å². The average molecular weight is 301 g/mol. The van der Waals surface area contributed by atoms with Crippen molar-refractivity contribution in [3.63, 3.8) is 0 Å². The van der Waals surface area contributed by atoms with Crippen molar-refractivity contribution in [2.24, 2.45) is 0 Å². The van der Waals surface area contributed by atoms with Crippen LogP contribution in [0.2, 0.25) is 0 Å². The van der Waals surface area contributed by atoms with E-state index in [0.29, 0.717) is 6.07 Å². The molecule has 2 rings (SSSR count). The van der Waals surface area contributed by atoms with E-state index in [1.165, 1.54) is 11.4 Å². The first kappa shape index (κ1) is 14.1. The van der Waals surface area contributed by atoms with Crippen molar-refractivity contribution in [1.82, 2.24) is 0 Å². The minimum Gasteiger partial charge on any atom is -0.477 e. The number of carbonyl (C=O) groups excluding carboxylic acids is 1. The number of thiophene rings is 1. The summed E-state index contributed by atoms with van der Waals surface area (Å²) in [6.07, 6.45) is 0. The maximum atomic E-state index is 13.4. The number of anilines is 1. The Bertz CT molecular complexity index is 699. The summed E-state index contributed by atoms with van der Waals surface area (Å²) in [6, 6.07) is 1.96. The number of carboxylic acids is 1. The lowest BCUT2D eigenvalue weighted by Crippen LogP contribution is -2.15. The van der Waals surface area contributed by atoms with Crippen LogP contribution in [0.25, 0.3) is 0 Å². The molecular formula is C12H6F3NO3S. The highest BCUT2D eigenvalue weighted by atomic mass is 32.1. The van der Waals surface area contributed by atoms with Crippen LogP contribution in [0.1, 0.15) is 20.0 Å². The van der Waals surface area contributed by atoms with Crippen LogP contribution in [0.4, 0.5) is 18.9 Å². The van der Waals surface area contributed by atoms with Crippen LogP contribution in [0.3, 0.4) is 0 Å². The Labute approximate surface area is 114 Å². The molecule has 8 heteroatoms. The summed E-state index contributed by atoms with van der Waals surface area (Å²) in [5.41, 5.74) is -0.761. The fourth-order valence-corrected chi connectivity index (χ4v) is 2.15. The number of carboxylic acid groups (broad SMARTS) is 1. The molecule has 0 aliphatic rings. The second-order valence-corrected chi connectivity index (χ2v) is 4.58. The molecule has 1 aromatic heterocycles. The van der Waals surface area contributed by atoms with Gasteiger partial charge in [0.2, 0.25) is 0 Å². The number of hydrogen-bond donors (Lipinski definition) is 2. The van der Waals surface area contributed by atoms with E-state index >= 15 is 0 Å². The minimum atomic E-state index is -1.42. The van der Waals surface area contributed by atoms with Gasteiger partial charge >= 0.3 is 5.97 Å². The summed E-state index contributed by atoms with van der Waals surface area (Å²) in [6.45, 7) is 0. The molecule has 0 aliphatic heterocycles. The Kier molecular flexibility index (Phi) is 3.75. The molecule has 1 heterocycles. The summed E-state index contributed by atoms with van der Waals surface area (Å²) in [5.74, 6) is -6.36. The fraction of sp³-hybridized carbons (Fsp3) is 0. The monoisotopic (exact) mass is 301 g/mol. The summed E-state index contributed by atoms with van der Waals surface area (Å²) in [4.78, 5) is 22.4. The molecule has 0 atom stereocenters. The molecule has 0 spiro atoms. The van der Waals surface area contributed by atoms with Crippen LogP contribution in [-0.2, 0) is 0 Å². The van der Waals surface area contributed by atoms with E-state index in [2.05, 4.69) is 5.32 Å². The zero-order valence-electron chi connectivity index (χ0n) is 9.62. The molecule has 4 nitrogen and oxygen atoms in total. The number of carbonyl (C=O) groups is 2. The number of rotatable bonds is 3. The van der Waals surface area contributed by atoms with Gasteiger partial charge in [0.15, 0.2) is 11.6 Å². The van der Waals surface area contributed by atoms with E-state index in [1.54, 1.807) is 0 Å². The van der Waals surface area contributed by atoms with Crippen LogP contribution in [0, 0.1) is 17.5 Å². The lowest BCUT2D eigenvalue weighted by molar-refractivity contribution is 0.0703. The molecule has 0 radical (unpaired) electrons. The summed E-state index contributed by atoms with van der Waals surface area (Å²) >= 11 is 0.863. The maximum Gasteiger partial charge on any atom is 0.348 e. The number of aromatic carboxylic acids is 1. The molecule has 104 valence electrons. The lowest BCUT2D eigenvalue weighted by Gasteiger charge is -2.06. The van der Waals surface area contributed by atoms with Crippen molar-refractivity contribution in [3.8, 4) is 0 Å². The van der Waals surface area contributed by atoms with Crippen molar-refractivity contribution in [1.29, 1.82) is 0 Å². The van der Waals surface area contributed by atoms with Crippen LogP contribution in [0.15, 0.2) is 23.6 Å². The molecule has 1 amide bonds. The highest BCUT2D eigenvalue weighted by Gasteiger charge is 2.19. The van der Waals surface area contributed by atoms with E-state index in [0.717, 1.165) is 11.3 Å². The summed E-state index contributed by atoms with van der Waals surface area (Å²) in [5, 5.41) is 12.4. The fourth-order valence-electron chi connectivity index (χ4n) is 1.46. The number of nitrogens with one attached hydrogen (secondary N) is 1. The van der Waals surface area contributed by atoms with Crippen LogP contribution in [-0.4, -0.2) is 17.0 Å². The molecule has 0 aliphatic carbocycles. The Morgan fingerprint density at radius 3 is 2.40 bits per heavy atom. The first-order valence-corrected chi connectivity index (χ1v) is 6.04. The zero-order chi connectivity index (χ0) is 14.9. The number of hydrogen-bond acceptors (Lipinski definition) is 3. The first-order chi connectivity index (χ1) is 9.40. The van der Waals surface area contributed by atoms with Gasteiger partial charge in [-0.2, -0.15) is 0 Å². The predicted molar refractivity (Wildman–Crippen MR) is 65.5 cm³/mol. The smallest absolute Gasteiger partial charge is 0.348 e. The van der Waals surface area contributed by atoms with Gasteiger partial charge in [-0.1, -0.05) is 0 Å². The summed E-state index contributed by atoms with van der Waals surface area (Å²) in [7, 11) is 0. The van der Waals surface area contributed by atoms with Gasteiger partial charge in [0.25, 0.3) is 5.91 Å². The van der Waals surface area contributed by atoms with Gasteiger partial charge in [-0.05, 0) is 17.5 Å². The third-order valence-corrected chi connectivity index (χ3v) is 3.26. The van der Waals surface area contributed by atoms with Gasteiger partial charge in [-0.3, -0.25) is 4.79 Å². The Morgan fingerprint density at radius 1 is 1.10 bits per heavy atom. The van der Waals surface area contributed by atoms with Gasteiger partial charge in [-0.25, -0.2) is 18.0 Å². The molecule has 0 saturated carbocycles. The van der Waals surface area contributed by atoms with Crippen molar-refractivity contribution < 1.29 is 27.9 Å². The highest BCUT2D eigenvalue weighted by Crippen LogP contribution is 2.23. The minimum absolute atomic E-state index is 0.0448. The van der Waals surface area contributed by atoms with E-state index in [4.69, 9.17) is 5.11 Å². The van der Waals surface area contributed by atoms with Gasteiger partial charge < -0.3 is 10.4 Å². The molecule has 2 aromatic rings. The Hall–Kier alpha value is -2.35. The predicted octanol–water partition coefficient (Wildman–Crippen LogP) is 3.12. The quantitative estimate of drug-likeness (QED) is 0.856. The second kappa shape index (κ2) is 5.33. The third-order valence-electron chi connectivity index (χ3n) is 2.36. The largest absolute Gasteiger partial charge is 0.477 e. The van der Waals surface area contributed by atoms with Gasteiger partial charge in [-0.15, -0.1) is 11.3 Å². The standard InChI is InChI=1S/C12H6F3NO3S/c13-6-4-8(15)7(14)3-5(6)11(17)16-9-1-2-20-10(9)12(18)19/h1-4H,(H,16,17)(H,18,19). The molecule has 0 fully saturated rings. The molecule has 0 bridgehead atoms. The molecular weight excluding hydrogens is 295 g/mol. The average Bonchev–Trinajstić information content (AvgIpc) is 2.81. The molecule has 20 heavy (non-hydrogen) atoms. The number of amides is 1. The molecule has 1 aromatic carbocycles. The lowest BCUT2D eigenvalue weighted by atomic mass is 10.2. The van der Waals surface area contributed by atoms with E-state index < -0.39 is 34.9 Å². The van der Waals surface area contributed by atoms with Gasteiger partial charge in [0, 0.05) is 6.07 Å². The normalized spacial score (nSPS) is 10.3. The second-order valence-electron chi connectivity index (χ2n) is 3.67. The van der Waals surface area contributed by atoms with Crippen molar-refractivity contribution >= 4 is 28.9 Å². The van der Waals surface area contributed by atoms with E-state index in [1.807, 2.05) is 0 Å². The molecule has 0 unspecified atom stereocenters. The molecule has 2 N–H and O–H groups in total. The van der Waals surface area contributed by atoms with E-state index in [-0.39, 0.29) is 16.6 Å². The van der Waals surface area contributed by atoms with Crippen molar-refractivity contribution in [2.75, 3.05) is 5.32 Å². The molecule has 0 saturated heterocycles. The number of benzene rings is 1. The van der Waals surface area contributed by atoms with E-state index in [9.17, 15) is 22.8 Å². The highest BCUT2D eigenvalue weighted by molar-refractivity contribution is 7.12. The Morgan fingerprint density at radius 2 is 1.75 bits per heavy atom. The SMILES string of the molecule is O=C(Nc1ccsc1C(=O)O)c1cc(F)c(F)cc1F. The van der Waals surface area contributed by atoms with Gasteiger partial charge in [0.05, 0.1) is 11.3 Å². The Balaban J connectivity index is 2.31. The maximum absolute atomic E-state index is 13.4. The topological polar surface area (TPSA) is 66.4 Å².